The fraction of sp³-hybridized carbons (Fsp3) is 0.526. The predicted molar refractivity (Wildman–Crippen MR) is 101 cm³/mol. The summed E-state index contributed by atoms with van der Waals surface area (Å²) >= 11 is 0. The van der Waals surface area contributed by atoms with Gasteiger partial charge in [0.05, 0.1) is 11.3 Å². The van der Waals surface area contributed by atoms with Crippen LogP contribution in [0.2, 0.25) is 0 Å². The molecule has 4 amide bonds. The number of rotatable bonds is 5. The van der Waals surface area contributed by atoms with Gasteiger partial charge in [-0.2, -0.15) is 0 Å². The van der Waals surface area contributed by atoms with Gasteiger partial charge in [0, 0.05) is 39.6 Å². The summed E-state index contributed by atoms with van der Waals surface area (Å²) in [6.45, 7) is 3.71. The van der Waals surface area contributed by atoms with E-state index in [9.17, 15) is 14.4 Å². The Morgan fingerprint density at radius 3 is 2.42 bits per heavy atom. The van der Waals surface area contributed by atoms with Crippen molar-refractivity contribution < 1.29 is 14.4 Å². The lowest BCUT2D eigenvalue weighted by Crippen LogP contribution is -2.45. The van der Waals surface area contributed by atoms with Crippen molar-refractivity contribution in [1.29, 1.82) is 0 Å². The molecule has 1 aliphatic rings. The molecule has 7 nitrogen and oxygen atoms in total. The number of carbonyl (C=O) groups is 3. The maximum Gasteiger partial charge on any atom is 0.319 e. The molecule has 1 fully saturated rings. The van der Waals surface area contributed by atoms with Crippen molar-refractivity contribution in [1.82, 2.24) is 15.1 Å². The minimum absolute atomic E-state index is 0.0261. The molecular formula is C19H28N4O3. The summed E-state index contributed by atoms with van der Waals surface area (Å²) in [4.78, 5) is 40.1. The van der Waals surface area contributed by atoms with Crippen LogP contribution in [0.3, 0.4) is 0 Å². The Kier molecular flexibility index (Phi) is 7.00. The summed E-state index contributed by atoms with van der Waals surface area (Å²) in [5.74, 6) is -0.445. The number of hydrogen-bond donors (Lipinski definition) is 2. The molecular weight excluding hydrogens is 332 g/mol. The van der Waals surface area contributed by atoms with Gasteiger partial charge in [0.25, 0.3) is 5.91 Å². The standard InChI is InChI=1S/C19H28N4O3/c1-4-11-20-18(25)15-7-5-6-8-16(15)21-17(24)14-9-12-23(13-10-14)19(26)22(2)3/h5-8,14H,4,9-13H2,1-3H3,(H,20,25)(H,21,24). The van der Waals surface area contributed by atoms with Gasteiger partial charge in [-0.05, 0) is 31.4 Å². The second-order valence-electron chi connectivity index (χ2n) is 6.73. The van der Waals surface area contributed by atoms with Crippen molar-refractivity contribution in [3.63, 3.8) is 0 Å². The Morgan fingerprint density at radius 2 is 1.81 bits per heavy atom. The number of carbonyl (C=O) groups excluding carboxylic acids is 3. The van der Waals surface area contributed by atoms with E-state index in [1.54, 1.807) is 48.2 Å². The zero-order chi connectivity index (χ0) is 19.1. The first-order chi connectivity index (χ1) is 12.4. The van der Waals surface area contributed by atoms with Crippen LogP contribution in [0, 0.1) is 5.92 Å². The van der Waals surface area contributed by atoms with Crippen molar-refractivity contribution >= 4 is 23.5 Å². The van der Waals surface area contributed by atoms with Crippen LogP contribution in [0.25, 0.3) is 0 Å². The van der Waals surface area contributed by atoms with Crippen LogP contribution in [0.5, 0.6) is 0 Å². The zero-order valence-corrected chi connectivity index (χ0v) is 15.7. The molecule has 2 rings (SSSR count). The highest BCUT2D eigenvalue weighted by Gasteiger charge is 2.28. The quantitative estimate of drug-likeness (QED) is 0.844. The first-order valence-electron chi connectivity index (χ1n) is 9.08. The Balaban J connectivity index is 1.97. The summed E-state index contributed by atoms with van der Waals surface area (Å²) in [5.41, 5.74) is 0.993. The van der Waals surface area contributed by atoms with Crippen LogP contribution in [0.15, 0.2) is 24.3 Å². The van der Waals surface area contributed by atoms with Gasteiger partial charge >= 0.3 is 6.03 Å². The highest BCUT2D eigenvalue weighted by Crippen LogP contribution is 2.22. The average Bonchev–Trinajstić information content (AvgIpc) is 2.65. The topological polar surface area (TPSA) is 81.8 Å². The van der Waals surface area contributed by atoms with Crippen molar-refractivity contribution in [3.8, 4) is 0 Å². The van der Waals surface area contributed by atoms with E-state index < -0.39 is 0 Å². The van der Waals surface area contributed by atoms with Gasteiger partial charge in [0.2, 0.25) is 5.91 Å². The molecule has 142 valence electrons. The molecule has 0 atom stereocenters. The molecule has 1 aromatic rings. The molecule has 26 heavy (non-hydrogen) atoms. The summed E-state index contributed by atoms with van der Waals surface area (Å²) in [7, 11) is 3.45. The van der Waals surface area contributed by atoms with Crippen LogP contribution >= 0.6 is 0 Å². The number of likely N-dealkylation sites (tertiary alicyclic amines) is 1. The molecule has 7 heteroatoms. The fourth-order valence-corrected chi connectivity index (χ4v) is 2.97. The number of para-hydroxylation sites is 1. The third-order valence-corrected chi connectivity index (χ3v) is 4.48. The summed E-state index contributed by atoms with van der Waals surface area (Å²) in [5, 5.41) is 5.72. The Labute approximate surface area is 154 Å². The van der Waals surface area contributed by atoms with Crippen LogP contribution in [0.1, 0.15) is 36.5 Å². The van der Waals surface area contributed by atoms with Crippen LogP contribution in [-0.2, 0) is 4.79 Å². The van der Waals surface area contributed by atoms with Gasteiger partial charge in [0.1, 0.15) is 0 Å². The van der Waals surface area contributed by atoms with E-state index in [-0.39, 0.29) is 23.8 Å². The monoisotopic (exact) mass is 360 g/mol. The molecule has 0 bridgehead atoms. The van der Waals surface area contributed by atoms with Crippen molar-refractivity contribution in [2.45, 2.75) is 26.2 Å². The lowest BCUT2D eigenvalue weighted by molar-refractivity contribution is -0.121. The van der Waals surface area contributed by atoms with Crippen molar-refractivity contribution in [3.05, 3.63) is 29.8 Å². The number of hydrogen-bond acceptors (Lipinski definition) is 3. The Hall–Kier alpha value is -2.57. The minimum atomic E-state index is -0.186. The van der Waals surface area contributed by atoms with Crippen molar-refractivity contribution in [2.24, 2.45) is 5.92 Å². The first kappa shape index (κ1) is 19.8. The van der Waals surface area contributed by atoms with E-state index in [1.165, 1.54) is 0 Å². The number of amides is 4. The van der Waals surface area contributed by atoms with E-state index in [0.29, 0.717) is 43.7 Å². The molecule has 1 saturated heterocycles. The van der Waals surface area contributed by atoms with Gasteiger partial charge in [-0.15, -0.1) is 0 Å². The second kappa shape index (κ2) is 9.22. The van der Waals surface area contributed by atoms with Crippen LogP contribution in [0.4, 0.5) is 10.5 Å². The van der Waals surface area contributed by atoms with Gasteiger partial charge in [-0.1, -0.05) is 19.1 Å². The van der Waals surface area contributed by atoms with Crippen LogP contribution < -0.4 is 10.6 Å². The SMILES string of the molecule is CCCNC(=O)c1ccccc1NC(=O)C1CCN(C(=O)N(C)C)CC1. The molecule has 1 aromatic carbocycles. The number of benzene rings is 1. The average molecular weight is 360 g/mol. The minimum Gasteiger partial charge on any atom is -0.352 e. The second-order valence-corrected chi connectivity index (χ2v) is 6.73. The lowest BCUT2D eigenvalue weighted by Gasteiger charge is -2.33. The van der Waals surface area contributed by atoms with Gasteiger partial charge < -0.3 is 20.4 Å². The zero-order valence-electron chi connectivity index (χ0n) is 15.7. The van der Waals surface area contributed by atoms with Gasteiger partial charge in [-0.3, -0.25) is 9.59 Å². The van der Waals surface area contributed by atoms with E-state index in [4.69, 9.17) is 0 Å². The van der Waals surface area contributed by atoms with E-state index in [2.05, 4.69) is 10.6 Å². The molecule has 0 spiro atoms. The third-order valence-electron chi connectivity index (χ3n) is 4.48. The lowest BCUT2D eigenvalue weighted by atomic mass is 9.95. The summed E-state index contributed by atoms with van der Waals surface area (Å²) < 4.78 is 0. The van der Waals surface area contributed by atoms with E-state index in [0.717, 1.165) is 6.42 Å². The third kappa shape index (κ3) is 4.97. The maximum atomic E-state index is 12.6. The van der Waals surface area contributed by atoms with Crippen molar-refractivity contribution in [2.75, 3.05) is 39.0 Å². The molecule has 0 aromatic heterocycles. The number of nitrogens with one attached hydrogen (secondary N) is 2. The highest BCUT2D eigenvalue weighted by atomic mass is 16.2. The molecule has 2 N–H and O–H groups in total. The molecule has 0 radical (unpaired) electrons. The summed E-state index contributed by atoms with van der Waals surface area (Å²) in [6, 6.07) is 7.00. The number of anilines is 1. The molecule has 0 unspecified atom stereocenters. The number of urea groups is 1. The normalized spacial score (nSPS) is 14.7. The predicted octanol–water partition coefficient (Wildman–Crippen LogP) is 2.16. The van der Waals surface area contributed by atoms with E-state index in [1.807, 2.05) is 6.92 Å². The summed E-state index contributed by atoms with van der Waals surface area (Å²) in [6.07, 6.45) is 2.09. The number of nitrogens with zero attached hydrogens (tertiary/aromatic N) is 2. The molecule has 1 aliphatic heterocycles. The van der Waals surface area contributed by atoms with Gasteiger partial charge in [0.15, 0.2) is 0 Å². The molecule has 0 saturated carbocycles. The first-order valence-corrected chi connectivity index (χ1v) is 9.08. The fourth-order valence-electron chi connectivity index (χ4n) is 2.97. The van der Waals surface area contributed by atoms with Crippen LogP contribution in [-0.4, -0.2) is 61.4 Å². The number of piperidine rings is 1. The van der Waals surface area contributed by atoms with Gasteiger partial charge in [-0.25, -0.2) is 4.79 Å². The maximum absolute atomic E-state index is 12.6. The molecule has 1 heterocycles. The largest absolute Gasteiger partial charge is 0.352 e. The van der Waals surface area contributed by atoms with E-state index >= 15 is 0 Å². The highest BCUT2D eigenvalue weighted by molar-refractivity contribution is 6.04. The Morgan fingerprint density at radius 1 is 1.15 bits per heavy atom. The molecule has 0 aliphatic carbocycles. The Bertz CT molecular complexity index is 652. The smallest absolute Gasteiger partial charge is 0.319 e.